The van der Waals surface area contributed by atoms with Crippen molar-refractivity contribution in [1.82, 2.24) is 10.2 Å². The first kappa shape index (κ1) is 12.6. The molecule has 2 nitrogen and oxygen atoms in total. The minimum absolute atomic E-state index is 0.811. The number of nitrogens with one attached hydrogen (secondary N) is 1. The molecule has 0 spiro atoms. The van der Waals surface area contributed by atoms with Crippen LogP contribution in [0.2, 0.25) is 0 Å². The van der Waals surface area contributed by atoms with Gasteiger partial charge in [-0.1, -0.05) is 0 Å². The molecule has 0 bridgehead atoms. The average molecular weight is 264 g/mol. The van der Waals surface area contributed by atoms with Crippen LogP contribution in [0, 0.1) is 12.8 Å². The minimum Gasteiger partial charge on any atom is -0.317 e. The van der Waals surface area contributed by atoms with Crippen LogP contribution in [0.15, 0.2) is 11.4 Å². The molecule has 1 saturated carbocycles. The Kier molecular flexibility index (Phi) is 4.02. The van der Waals surface area contributed by atoms with Gasteiger partial charge in [0.2, 0.25) is 0 Å². The van der Waals surface area contributed by atoms with Gasteiger partial charge in [-0.2, -0.15) is 0 Å². The standard InChI is InChI=1S/C15H24N2S/c1-12-14(6-9-18-12)11-17(10-13-2-3-13)15-4-7-16-8-5-15/h6,9,13,15-16H,2-5,7-8,10-11H2,1H3. The number of piperidine rings is 1. The lowest BCUT2D eigenvalue weighted by Gasteiger charge is -2.34. The van der Waals surface area contributed by atoms with Gasteiger partial charge in [0, 0.05) is 24.0 Å². The highest BCUT2D eigenvalue weighted by atomic mass is 32.1. The Balaban J connectivity index is 1.66. The van der Waals surface area contributed by atoms with E-state index >= 15 is 0 Å². The smallest absolute Gasteiger partial charge is 0.0247 e. The molecule has 18 heavy (non-hydrogen) atoms. The zero-order valence-corrected chi connectivity index (χ0v) is 12.1. The van der Waals surface area contributed by atoms with Gasteiger partial charge in [0.25, 0.3) is 0 Å². The molecule has 2 heterocycles. The van der Waals surface area contributed by atoms with E-state index in [0.717, 1.165) is 12.0 Å². The summed E-state index contributed by atoms with van der Waals surface area (Å²) in [5.41, 5.74) is 1.55. The molecular formula is C15H24N2S. The highest BCUT2D eigenvalue weighted by Crippen LogP contribution is 2.32. The quantitative estimate of drug-likeness (QED) is 0.879. The monoisotopic (exact) mass is 264 g/mol. The Morgan fingerprint density at radius 2 is 2.06 bits per heavy atom. The van der Waals surface area contributed by atoms with Gasteiger partial charge < -0.3 is 5.32 Å². The summed E-state index contributed by atoms with van der Waals surface area (Å²) in [5, 5.41) is 5.72. The van der Waals surface area contributed by atoms with Crippen molar-refractivity contribution >= 4 is 11.3 Å². The van der Waals surface area contributed by atoms with Gasteiger partial charge >= 0.3 is 0 Å². The SMILES string of the molecule is Cc1sccc1CN(CC1CC1)C1CCNCC1. The molecule has 2 fully saturated rings. The van der Waals surface area contributed by atoms with Crippen LogP contribution >= 0.6 is 11.3 Å². The van der Waals surface area contributed by atoms with E-state index in [4.69, 9.17) is 0 Å². The first-order chi connectivity index (χ1) is 8.83. The Labute approximate surface area is 114 Å². The lowest BCUT2D eigenvalue weighted by atomic mass is 10.0. The summed E-state index contributed by atoms with van der Waals surface area (Å²) in [6.45, 7) is 7.18. The van der Waals surface area contributed by atoms with E-state index in [1.807, 2.05) is 11.3 Å². The topological polar surface area (TPSA) is 15.3 Å². The van der Waals surface area contributed by atoms with Crippen molar-refractivity contribution < 1.29 is 0 Å². The molecule has 0 radical (unpaired) electrons. The van der Waals surface area contributed by atoms with Crippen molar-refractivity contribution in [2.24, 2.45) is 5.92 Å². The lowest BCUT2D eigenvalue weighted by Crippen LogP contribution is -2.43. The molecule has 2 aliphatic rings. The van der Waals surface area contributed by atoms with Gasteiger partial charge in [0.1, 0.15) is 0 Å². The minimum atomic E-state index is 0.811. The van der Waals surface area contributed by atoms with Crippen LogP contribution in [0.4, 0.5) is 0 Å². The summed E-state index contributed by atoms with van der Waals surface area (Å²) in [5.74, 6) is 0.999. The third kappa shape index (κ3) is 3.14. The van der Waals surface area contributed by atoms with E-state index in [1.165, 1.54) is 56.7 Å². The summed E-state index contributed by atoms with van der Waals surface area (Å²) in [4.78, 5) is 4.28. The molecule has 1 saturated heterocycles. The number of aryl methyl sites for hydroxylation is 1. The molecule has 1 aliphatic heterocycles. The van der Waals surface area contributed by atoms with E-state index in [9.17, 15) is 0 Å². The van der Waals surface area contributed by atoms with Crippen molar-refractivity contribution in [1.29, 1.82) is 0 Å². The molecule has 1 aromatic heterocycles. The third-order valence-electron chi connectivity index (χ3n) is 4.35. The number of thiophene rings is 1. The first-order valence-corrected chi connectivity index (χ1v) is 8.18. The van der Waals surface area contributed by atoms with Gasteiger partial charge in [-0.25, -0.2) is 0 Å². The zero-order chi connectivity index (χ0) is 12.4. The van der Waals surface area contributed by atoms with Crippen molar-refractivity contribution in [2.45, 2.75) is 45.2 Å². The predicted octanol–water partition coefficient (Wildman–Crippen LogP) is 3.02. The number of hydrogen-bond acceptors (Lipinski definition) is 3. The van der Waals surface area contributed by atoms with Crippen LogP contribution in [-0.4, -0.2) is 30.6 Å². The highest BCUT2D eigenvalue weighted by Gasteiger charge is 2.29. The summed E-state index contributed by atoms with van der Waals surface area (Å²) < 4.78 is 0. The summed E-state index contributed by atoms with van der Waals surface area (Å²) >= 11 is 1.89. The van der Waals surface area contributed by atoms with Crippen molar-refractivity contribution in [3.05, 3.63) is 21.9 Å². The molecule has 1 aromatic rings. The van der Waals surface area contributed by atoms with Crippen LogP contribution in [0.25, 0.3) is 0 Å². The number of hydrogen-bond donors (Lipinski definition) is 1. The maximum Gasteiger partial charge on any atom is 0.0247 e. The fraction of sp³-hybridized carbons (Fsp3) is 0.733. The van der Waals surface area contributed by atoms with E-state index in [-0.39, 0.29) is 0 Å². The van der Waals surface area contributed by atoms with E-state index in [1.54, 1.807) is 5.56 Å². The van der Waals surface area contributed by atoms with Crippen LogP contribution in [0.5, 0.6) is 0 Å². The van der Waals surface area contributed by atoms with Crippen LogP contribution in [0.3, 0.4) is 0 Å². The normalized spacial score (nSPS) is 21.7. The maximum absolute atomic E-state index is 3.48. The third-order valence-corrected chi connectivity index (χ3v) is 5.24. The molecule has 0 atom stereocenters. The molecule has 0 aromatic carbocycles. The molecule has 100 valence electrons. The van der Waals surface area contributed by atoms with E-state index in [2.05, 4.69) is 28.6 Å². The molecular weight excluding hydrogens is 240 g/mol. The van der Waals surface area contributed by atoms with Crippen molar-refractivity contribution in [3.63, 3.8) is 0 Å². The Morgan fingerprint density at radius 3 is 2.67 bits per heavy atom. The van der Waals surface area contributed by atoms with E-state index in [0.29, 0.717) is 0 Å². The molecule has 1 aliphatic carbocycles. The first-order valence-electron chi connectivity index (χ1n) is 7.30. The summed E-state index contributed by atoms with van der Waals surface area (Å²) in [6, 6.07) is 3.13. The van der Waals surface area contributed by atoms with Gasteiger partial charge in [0.05, 0.1) is 0 Å². The van der Waals surface area contributed by atoms with Crippen LogP contribution in [0.1, 0.15) is 36.1 Å². The summed E-state index contributed by atoms with van der Waals surface area (Å²) in [6.07, 6.45) is 5.58. The van der Waals surface area contributed by atoms with Gasteiger partial charge in [0.15, 0.2) is 0 Å². The van der Waals surface area contributed by atoms with E-state index < -0.39 is 0 Å². The Hall–Kier alpha value is -0.380. The Bertz CT molecular complexity index is 378. The van der Waals surface area contributed by atoms with Gasteiger partial charge in [-0.3, -0.25) is 4.90 Å². The van der Waals surface area contributed by atoms with Crippen LogP contribution in [-0.2, 0) is 6.54 Å². The lowest BCUT2D eigenvalue weighted by molar-refractivity contribution is 0.147. The van der Waals surface area contributed by atoms with Gasteiger partial charge in [-0.05, 0) is 68.6 Å². The largest absolute Gasteiger partial charge is 0.317 e. The average Bonchev–Trinajstić information content (AvgIpc) is 3.13. The van der Waals surface area contributed by atoms with Crippen LogP contribution < -0.4 is 5.32 Å². The number of nitrogens with zero attached hydrogens (tertiary/aromatic N) is 1. The predicted molar refractivity (Wildman–Crippen MR) is 78.1 cm³/mol. The second kappa shape index (κ2) is 5.72. The molecule has 3 heteroatoms. The maximum atomic E-state index is 3.48. The van der Waals surface area contributed by atoms with Crippen molar-refractivity contribution in [3.8, 4) is 0 Å². The second-order valence-electron chi connectivity index (χ2n) is 5.86. The highest BCUT2D eigenvalue weighted by molar-refractivity contribution is 7.10. The van der Waals surface area contributed by atoms with Gasteiger partial charge in [-0.15, -0.1) is 11.3 Å². The summed E-state index contributed by atoms with van der Waals surface area (Å²) in [7, 11) is 0. The number of rotatable bonds is 5. The second-order valence-corrected chi connectivity index (χ2v) is 6.98. The fourth-order valence-electron chi connectivity index (χ4n) is 2.94. The molecule has 1 N–H and O–H groups in total. The Morgan fingerprint density at radius 1 is 1.28 bits per heavy atom. The molecule has 3 rings (SSSR count). The zero-order valence-electron chi connectivity index (χ0n) is 11.3. The fourth-order valence-corrected chi connectivity index (χ4v) is 3.66. The molecule has 0 unspecified atom stereocenters. The van der Waals surface area contributed by atoms with Crippen molar-refractivity contribution in [2.75, 3.05) is 19.6 Å². The molecule has 0 amide bonds.